The summed E-state index contributed by atoms with van der Waals surface area (Å²) in [6.45, 7) is 2.09. The van der Waals surface area contributed by atoms with E-state index in [0.717, 1.165) is 22.2 Å². The highest BCUT2D eigenvalue weighted by Gasteiger charge is 2.10. The van der Waals surface area contributed by atoms with Crippen molar-refractivity contribution >= 4 is 16.8 Å². The fourth-order valence-corrected chi connectivity index (χ4v) is 2.45. The molecule has 0 aliphatic heterocycles. The Morgan fingerprint density at radius 3 is 2.86 bits per heavy atom. The van der Waals surface area contributed by atoms with E-state index < -0.39 is 0 Å². The summed E-state index contributed by atoms with van der Waals surface area (Å²) in [5.74, 6) is -0.197. The van der Waals surface area contributed by atoms with E-state index in [9.17, 15) is 9.18 Å². The van der Waals surface area contributed by atoms with Crippen LogP contribution < -0.4 is 0 Å². The van der Waals surface area contributed by atoms with Gasteiger partial charge in [0.1, 0.15) is 5.82 Å². The molecule has 0 unspecified atom stereocenters. The molecule has 4 heteroatoms. The molecular formula is C17H15FN2O. The van der Waals surface area contributed by atoms with E-state index in [-0.39, 0.29) is 18.1 Å². The average Bonchev–Trinajstić information content (AvgIpc) is 2.85. The molecule has 3 nitrogen and oxygen atoms in total. The molecule has 0 aliphatic rings. The van der Waals surface area contributed by atoms with Crippen LogP contribution in [0.4, 0.5) is 4.39 Å². The number of carbonyl (C=O) groups is 1. The number of fused-ring (bicyclic) bond motifs is 1. The average molecular weight is 282 g/mol. The van der Waals surface area contributed by atoms with Gasteiger partial charge in [-0.2, -0.15) is 0 Å². The number of halogens is 1. The molecule has 0 bridgehead atoms. The van der Waals surface area contributed by atoms with Crippen LogP contribution in [0.15, 0.2) is 48.8 Å². The monoisotopic (exact) mass is 282 g/mol. The number of nitrogens with zero attached hydrogens (tertiary/aromatic N) is 2. The van der Waals surface area contributed by atoms with Gasteiger partial charge in [0.2, 0.25) is 0 Å². The zero-order chi connectivity index (χ0) is 14.8. The minimum Gasteiger partial charge on any atom is -0.323 e. The van der Waals surface area contributed by atoms with E-state index in [4.69, 9.17) is 0 Å². The molecule has 21 heavy (non-hydrogen) atoms. The molecule has 1 aromatic heterocycles. The number of rotatable bonds is 4. The number of Topliss-reactive ketones (excluding diaryl/α,β-unsaturated/α-hetero) is 1. The summed E-state index contributed by atoms with van der Waals surface area (Å²) in [6, 6.07) is 12.2. The molecule has 3 aromatic rings. The van der Waals surface area contributed by atoms with Crippen LogP contribution >= 0.6 is 0 Å². The Labute approximate surface area is 122 Å². The first kappa shape index (κ1) is 13.5. The lowest BCUT2D eigenvalue weighted by molar-refractivity contribution is -0.118. The van der Waals surface area contributed by atoms with Crippen molar-refractivity contribution in [2.75, 3.05) is 0 Å². The van der Waals surface area contributed by atoms with Crippen LogP contribution in [-0.4, -0.2) is 15.3 Å². The number of para-hydroxylation sites is 2. The molecular weight excluding hydrogens is 267 g/mol. The van der Waals surface area contributed by atoms with Crippen molar-refractivity contribution in [2.45, 2.75) is 19.9 Å². The highest BCUT2D eigenvalue weighted by atomic mass is 19.1. The summed E-state index contributed by atoms with van der Waals surface area (Å²) < 4.78 is 14.9. The summed E-state index contributed by atoms with van der Waals surface area (Å²) in [5, 5.41) is 0. The lowest BCUT2D eigenvalue weighted by Crippen LogP contribution is -2.12. The topological polar surface area (TPSA) is 34.9 Å². The third-order valence-electron chi connectivity index (χ3n) is 3.57. The van der Waals surface area contributed by atoms with Crippen molar-refractivity contribution in [3.05, 3.63) is 65.7 Å². The van der Waals surface area contributed by atoms with Crippen molar-refractivity contribution in [1.82, 2.24) is 9.55 Å². The lowest BCUT2D eigenvalue weighted by Gasteiger charge is -2.07. The molecule has 0 saturated heterocycles. The second-order valence-electron chi connectivity index (χ2n) is 5.15. The third-order valence-corrected chi connectivity index (χ3v) is 3.57. The summed E-state index contributed by atoms with van der Waals surface area (Å²) in [5.41, 5.74) is 3.50. The van der Waals surface area contributed by atoms with Gasteiger partial charge in [-0.15, -0.1) is 0 Å². The quantitative estimate of drug-likeness (QED) is 0.736. The normalized spacial score (nSPS) is 11.0. The van der Waals surface area contributed by atoms with Crippen LogP contribution in [0.25, 0.3) is 11.0 Å². The van der Waals surface area contributed by atoms with Crippen molar-refractivity contribution in [3.63, 3.8) is 0 Å². The number of hydrogen-bond acceptors (Lipinski definition) is 2. The van der Waals surface area contributed by atoms with Gasteiger partial charge in [-0.05, 0) is 42.3 Å². The number of benzene rings is 2. The highest BCUT2D eigenvalue weighted by molar-refractivity contribution is 5.83. The van der Waals surface area contributed by atoms with Crippen LogP contribution in [-0.2, 0) is 17.8 Å². The Bertz CT molecular complexity index is 807. The van der Waals surface area contributed by atoms with Crippen LogP contribution in [0.3, 0.4) is 0 Å². The van der Waals surface area contributed by atoms with Gasteiger partial charge in [0.05, 0.1) is 23.9 Å². The van der Waals surface area contributed by atoms with Crippen LogP contribution in [0.5, 0.6) is 0 Å². The number of aromatic nitrogens is 2. The minimum atomic E-state index is -0.274. The van der Waals surface area contributed by atoms with Crippen LogP contribution in [0, 0.1) is 12.7 Å². The van der Waals surface area contributed by atoms with Gasteiger partial charge in [0.25, 0.3) is 0 Å². The molecule has 2 aromatic carbocycles. The van der Waals surface area contributed by atoms with Gasteiger partial charge in [0, 0.05) is 6.42 Å². The first-order chi connectivity index (χ1) is 10.1. The zero-order valence-corrected chi connectivity index (χ0v) is 11.7. The van der Waals surface area contributed by atoms with Gasteiger partial charge >= 0.3 is 0 Å². The Balaban J connectivity index is 1.77. The molecule has 0 spiro atoms. The SMILES string of the molecule is Cc1cc(F)ccc1CC(=O)Cn1cnc2ccccc21. The molecule has 0 radical (unpaired) electrons. The summed E-state index contributed by atoms with van der Waals surface area (Å²) in [4.78, 5) is 16.5. The van der Waals surface area contributed by atoms with Gasteiger partial charge in [-0.3, -0.25) is 4.79 Å². The molecule has 0 atom stereocenters. The summed E-state index contributed by atoms with van der Waals surface area (Å²) in [7, 11) is 0. The van der Waals surface area contributed by atoms with Crippen molar-refractivity contribution in [3.8, 4) is 0 Å². The molecule has 0 N–H and O–H groups in total. The molecule has 0 fully saturated rings. The van der Waals surface area contributed by atoms with E-state index in [1.807, 2.05) is 35.8 Å². The molecule has 1 heterocycles. The molecule has 3 rings (SSSR count). The maximum Gasteiger partial charge on any atom is 0.156 e. The predicted octanol–water partition coefficient (Wildman–Crippen LogP) is 3.30. The second-order valence-corrected chi connectivity index (χ2v) is 5.15. The lowest BCUT2D eigenvalue weighted by atomic mass is 10.0. The Morgan fingerprint density at radius 1 is 1.24 bits per heavy atom. The molecule has 0 amide bonds. The Morgan fingerprint density at radius 2 is 2.05 bits per heavy atom. The predicted molar refractivity (Wildman–Crippen MR) is 79.6 cm³/mol. The molecule has 106 valence electrons. The second kappa shape index (κ2) is 5.48. The van der Waals surface area contributed by atoms with E-state index >= 15 is 0 Å². The van der Waals surface area contributed by atoms with Gasteiger partial charge in [-0.25, -0.2) is 9.37 Å². The fraction of sp³-hybridized carbons (Fsp3) is 0.176. The number of carbonyl (C=O) groups excluding carboxylic acids is 1. The number of ketones is 1. The maximum absolute atomic E-state index is 13.1. The van der Waals surface area contributed by atoms with Crippen molar-refractivity contribution < 1.29 is 9.18 Å². The first-order valence-electron chi connectivity index (χ1n) is 6.80. The van der Waals surface area contributed by atoms with E-state index in [1.54, 1.807) is 12.4 Å². The van der Waals surface area contributed by atoms with E-state index in [2.05, 4.69) is 4.98 Å². The smallest absolute Gasteiger partial charge is 0.156 e. The largest absolute Gasteiger partial charge is 0.323 e. The van der Waals surface area contributed by atoms with Crippen LogP contribution in [0.1, 0.15) is 11.1 Å². The van der Waals surface area contributed by atoms with Crippen LogP contribution in [0.2, 0.25) is 0 Å². The number of imidazole rings is 1. The standard InChI is InChI=1S/C17H15FN2O/c1-12-8-14(18)7-6-13(12)9-15(21)10-20-11-19-16-4-2-3-5-17(16)20/h2-8,11H,9-10H2,1H3. The number of hydrogen-bond donors (Lipinski definition) is 0. The van der Waals surface area contributed by atoms with Gasteiger partial charge in [-0.1, -0.05) is 18.2 Å². The highest BCUT2D eigenvalue weighted by Crippen LogP contribution is 2.14. The summed E-state index contributed by atoms with van der Waals surface area (Å²) >= 11 is 0. The number of aryl methyl sites for hydroxylation is 1. The summed E-state index contributed by atoms with van der Waals surface area (Å²) in [6.07, 6.45) is 1.98. The minimum absolute atomic E-state index is 0.0767. The maximum atomic E-state index is 13.1. The van der Waals surface area contributed by atoms with Crippen molar-refractivity contribution in [1.29, 1.82) is 0 Å². The third kappa shape index (κ3) is 2.84. The van der Waals surface area contributed by atoms with E-state index in [0.29, 0.717) is 6.42 Å². The van der Waals surface area contributed by atoms with Crippen molar-refractivity contribution in [2.24, 2.45) is 0 Å². The first-order valence-corrected chi connectivity index (χ1v) is 6.80. The van der Waals surface area contributed by atoms with Gasteiger partial charge < -0.3 is 4.57 Å². The zero-order valence-electron chi connectivity index (χ0n) is 11.7. The molecule has 0 aliphatic carbocycles. The molecule has 0 saturated carbocycles. The van der Waals surface area contributed by atoms with E-state index in [1.165, 1.54) is 12.1 Å². The van der Waals surface area contributed by atoms with Gasteiger partial charge in [0.15, 0.2) is 5.78 Å². The fourth-order valence-electron chi connectivity index (χ4n) is 2.45. The Kier molecular flexibility index (Phi) is 3.52. The Hall–Kier alpha value is -2.49.